The second kappa shape index (κ2) is 10.3. The summed E-state index contributed by atoms with van der Waals surface area (Å²) in [5.41, 5.74) is 2.47. The van der Waals surface area contributed by atoms with Crippen LogP contribution in [0.15, 0.2) is 42.5 Å². The number of nitrogens with one attached hydrogen (secondary N) is 1. The highest BCUT2D eigenvalue weighted by Crippen LogP contribution is 2.36. The van der Waals surface area contributed by atoms with Crippen molar-refractivity contribution in [3.8, 4) is 11.5 Å². The normalized spacial score (nSPS) is 12.0. The summed E-state index contributed by atoms with van der Waals surface area (Å²) in [5, 5.41) is 4.16. The minimum absolute atomic E-state index is 0.418. The van der Waals surface area contributed by atoms with Crippen LogP contribution in [0.4, 0.5) is 0 Å². The van der Waals surface area contributed by atoms with Crippen molar-refractivity contribution in [2.45, 2.75) is 46.2 Å². The quantitative estimate of drug-likeness (QED) is 0.627. The molecule has 1 atom stereocenters. The molecule has 1 unspecified atom stereocenters. The molecular weight excluding hydrogens is 334 g/mol. The molecule has 0 amide bonds. The van der Waals surface area contributed by atoms with Crippen molar-refractivity contribution in [3.05, 3.63) is 58.6 Å². The van der Waals surface area contributed by atoms with E-state index in [-0.39, 0.29) is 0 Å². The van der Waals surface area contributed by atoms with Crippen molar-refractivity contribution in [1.82, 2.24) is 5.32 Å². The summed E-state index contributed by atoms with van der Waals surface area (Å²) in [7, 11) is 0. The first kappa shape index (κ1) is 19.6. The van der Waals surface area contributed by atoms with Crippen molar-refractivity contribution in [1.29, 1.82) is 0 Å². The number of rotatable bonds is 10. The summed E-state index contributed by atoms with van der Waals surface area (Å²) in [6.45, 7) is 8.01. The van der Waals surface area contributed by atoms with E-state index in [1.54, 1.807) is 0 Å². The average molecular weight is 362 g/mol. The zero-order valence-corrected chi connectivity index (χ0v) is 16.1. The number of benzene rings is 2. The van der Waals surface area contributed by atoms with Gasteiger partial charge in [0.1, 0.15) is 0 Å². The van der Waals surface area contributed by atoms with E-state index < -0.39 is 0 Å². The fourth-order valence-corrected chi connectivity index (χ4v) is 2.98. The highest BCUT2D eigenvalue weighted by atomic mass is 35.5. The third-order valence-electron chi connectivity index (χ3n) is 4.02. The van der Waals surface area contributed by atoms with Crippen LogP contribution >= 0.6 is 11.6 Å². The topological polar surface area (TPSA) is 30.5 Å². The van der Waals surface area contributed by atoms with Gasteiger partial charge in [-0.2, -0.15) is 0 Å². The number of halogens is 1. The zero-order chi connectivity index (χ0) is 18.1. The predicted octanol–water partition coefficient (Wildman–Crippen LogP) is 5.25. The number of ether oxygens (including phenoxy) is 2. The van der Waals surface area contributed by atoms with Gasteiger partial charge in [0.05, 0.1) is 18.2 Å². The minimum atomic E-state index is 0.418. The minimum Gasteiger partial charge on any atom is -0.490 e. The smallest absolute Gasteiger partial charge is 0.179 e. The molecule has 0 aromatic heterocycles. The van der Waals surface area contributed by atoms with Crippen LogP contribution < -0.4 is 14.8 Å². The van der Waals surface area contributed by atoms with Gasteiger partial charge in [-0.1, -0.05) is 41.9 Å². The molecule has 0 saturated heterocycles. The third kappa shape index (κ3) is 6.26. The molecule has 0 aliphatic carbocycles. The molecule has 4 heteroatoms. The maximum atomic E-state index is 6.37. The third-order valence-corrected chi connectivity index (χ3v) is 4.30. The molecule has 0 bridgehead atoms. The number of aryl methyl sites for hydroxylation is 1. The Balaban J connectivity index is 1.92. The van der Waals surface area contributed by atoms with Gasteiger partial charge in [-0.25, -0.2) is 0 Å². The molecule has 1 N–H and O–H groups in total. The Morgan fingerprint density at radius 3 is 2.40 bits per heavy atom. The van der Waals surface area contributed by atoms with Crippen LogP contribution in [-0.2, 0) is 13.0 Å². The van der Waals surface area contributed by atoms with Gasteiger partial charge < -0.3 is 14.8 Å². The Bertz CT molecular complexity index is 646. The first-order valence-corrected chi connectivity index (χ1v) is 9.37. The summed E-state index contributed by atoms with van der Waals surface area (Å²) in [6.07, 6.45) is 2.16. The standard InChI is InChI=1S/C21H28ClNO2/c1-4-24-20-14-18(13-19(22)21(20)25-5-2)15-23-16(3)11-12-17-9-7-6-8-10-17/h6-10,13-14,16,23H,4-5,11-12,15H2,1-3H3. The molecule has 3 nitrogen and oxygen atoms in total. The number of hydrogen-bond acceptors (Lipinski definition) is 3. The molecule has 0 radical (unpaired) electrons. The second-order valence-electron chi connectivity index (χ2n) is 6.08. The average Bonchev–Trinajstić information content (AvgIpc) is 2.62. The Kier molecular flexibility index (Phi) is 8.10. The summed E-state index contributed by atoms with van der Waals surface area (Å²) < 4.78 is 11.3. The lowest BCUT2D eigenvalue weighted by Gasteiger charge is -2.17. The van der Waals surface area contributed by atoms with E-state index in [1.165, 1.54) is 5.56 Å². The molecule has 2 aromatic carbocycles. The van der Waals surface area contributed by atoms with Gasteiger partial charge in [0.15, 0.2) is 11.5 Å². The van der Waals surface area contributed by atoms with Crippen LogP contribution in [0.2, 0.25) is 5.02 Å². The van der Waals surface area contributed by atoms with Gasteiger partial charge in [0.25, 0.3) is 0 Å². The highest BCUT2D eigenvalue weighted by molar-refractivity contribution is 6.32. The molecule has 0 heterocycles. The molecule has 2 rings (SSSR count). The Morgan fingerprint density at radius 1 is 1.00 bits per heavy atom. The van der Waals surface area contributed by atoms with Crippen molar-refractivity contribution < 1.29 is 9.47 Å². The van der Waals surface area contributed by atoms with Crippen LogP contribution in [-0.4, -0.2) is 19.3 Å². The molecule has 25 heavy (non-hydrogen) atoms. The van der Waals surface area contributed by atoms with Crippen LogP contribution in [0.3, 0.4) is 0 Å². The van der Waals surface area contributed by atoms with Gasteiger partial charge in [-0.05, 0) is 56.9 Å². The van der Waals surface area contributed by atoms with E-state index in [0.29, 0.717) is 35.8 Å². The molecule has 136 valence electrons. The SMILES string of the molecule is CCOc1cc(CNC(C)CCc2ccccc2)cc(Cl)c1OCC. The Morgan fingerprint density at radius 2 is 1.72 bits per heavy atom. The monoisotopic (exact) mass is 361 g/mol. The molecule has 0 aliphatic heterocycles. The number of hydrogen-bond donors (Lipinski definition) is 1. The maximum absolute atomic E-state index is 6.37. The molecular formula is C21H28ClNO2. The van der Waals surface area contributed by atoms with E-state index in [4.69, 9.17) is 21.1 Å². The van der Waals surface area contributed by atoms with Crippen LogP contribution in [0.25, 0.3) is 0 Å². The van der Waals surface area contributed by atoms with Gasteiger partial charge in [0.2, 0.25) is 0 Å². The van der Waals surface area contributed by atoms with E-state index in [0.717, 1.165) is 24.9 Å². The molecule has 0 aliphatic rings. The van der Waals surface area contributed by atoms with Crippen molar-refractivity contribution >= 4 is 11.6 Å². The van der Waals surface area contributed by atoms with E-state index in [2.05, 4.69) is 42.6 Å². The molecule has 2 aromatic rings. The van der Waals surface area contributed by atoms with Gasteiger partial charge in [-0.15, -0.1) is 0 Å². The predicted molar refractivity (Wildman–Crippen MR) is 105 cm³/mol. The lowest BCUT2D eigenvalue weighted by molar-refractivity contribution is 0.287. The largest absolute Gasteiger partial charge is 0.490 e. The van der Waals surface area contributed by atoms with Crippen LogP contribution in [0.5, 0.6) is 11.5 Å². The first-order valence-electron chi connectivity index (χ1n) is 8.99. The van der Waals surface area contributed by atoms with Crippen LogP contribution in [0, 0.1) is 0 Å². The van der Waals surface area contributed by atoms with Crippen molar-refractivity contribution in [2.24, 2.45) is 0 Å². The summed E-state index contributed by atoms with van der Waals surface area (Å²) in [6, 6.07) is 15.0. The van der Waals surface area contributed by atoms with Gasteiger partial charge in [-0.3, -0.25) is 0 Å². The summed E-state index contributed by atoms with van der Waals surface area (Å²) in [4.78, 5) is 0. The van der Waals surface area contributed by atoms with Crippen molar-refractivity contribution in [3.63, 3.8) is 0 Å². The molecule has 0 spiro atoms. The fourth-order valence-electron chi connectivity index (χ4n) is 2.69. The Hall–Kier alpha value is -1.71. The fraction of sp³-hybridized carbons (Fsp3) is 0.429. The summed E-state index contributed by atoms with van der Waals surface area (Å²) >= 11 is 6.37. The van der Waals surface area contributed by atoms with E-state index in [9.17, 15) is 0 Å². The maximum Gasteiger partial charge on any atom is 0.179 e. The lowest BCUT2D eigenvalue weighted by atomic mass is 10.1. The van der Waals surface area contributed by atoms with Gasteiger partial charge >= 0.3 is 0 Å². The Labute approximate surface area is 156 Å². The van der Waals surface area contributed by atoms with Crippen LogP contribution in [0.1, 0.15) is 38.3 Å². The first-order chi connectivity index (χ1) is 12.1. The van der Waals surface area contributed by atoms with E-state index >= 15 is 0 Å². The zero-order valence-electron chi connectivity index (χ0n) is 15.3. The lowest BCUT2D eigenvalue weighted by Crippen LogP contribution is -2.26. The molecule has 0 saturated carbocycles. The van der Waals surface area contributed by atoms with Crippen molar-refractivity contribution in [2.75, 3.05) is 13.2 Å². The second-order valence-corrected chi connectivity index (χ2v) is 6.48. The highest BCUT2D eigenvalue weighted by Gasteiger charge is 2.12. The van der Waals surface area contributed by atoms with E-state index in [1.807, 2.05) is 26.0 Å². The summed E-state index contributed by atoms with van der Waals surface area (Å²) in [5.74, 6) is 1.34. The molecule has 0 fully saturated rings. The van der Waals surface area contributed by atoms with Gasteiger partial charge in [0, 0.05) is 12.6 Å².